The van der Waals surface area contributed by atoms with Crippen molar-refractivity contribution in [1.29, 1.82) is 0 Å². The second-order valence-electron chi connectivity index (χ2n) is 6.68. The Bertz CT molecular complexity index is 1290. The quantitative estimate of drug-likeness (QED) is 0.418. The molecule has 3 rings (SSSR count). The maximum Gasteiger partial charge on any atom is 0.306 e. The lowest BCUT2D eigenvalue weighted by Crippen LogP contribution is -2.12. The molecule has 0 atom stereocenters. The predicted octanol–water partition coefficient (Wildman–Crippen LogP) is 1.37. The molecule has 10 nitrogen and oxygen atoms in total. The van der Waals surface area contributed by atoms with Gasteiger partial charge in [-0.1, -0.05) is 24.3 Å². The molecule has 3 aromatic rings. The van der Waals surface area contributed by atoms with E-state index in [0.29, 0.717) is 30.0 Å². The fourth-order valence-electron chi connectivity index (χ4n) is 2.77. The average Bonchev–Trinajstić information content (AvgIpc) is 2.66. The Morgan fingerprint density at radius 2 is 1.71 bits per heavy atom. The minimum atomic E-state index is -3.72. The van der Waals surface area contributed by atoms with E-state index in [-0.39, 0.29) is 16.6 Å². The van der Waals surface area contributed by atoms with Gasteiger partial charge >= 0.3 is 10.1 Å². The van der Waals surface area contributed by atoms with E-state index in [0.717, 1.165) is 11.8 Å². The Kier molecular flexibility index (Phi) is 6.43. The van der Waals surface area contributed by atoms with Gasteiger partial charge in [0, 0.05) is 18.2 Å². The highest BCUT2D eigenvalue weighted by Gasteiger charge is 2.10. The number of benzene rings is 2. The van der Waals surface area contributed by atoms with Gasteiger partial charge in [0.15, 0.2) is 0 Å². The first kappa shape index (κ1) is 22.5. The molecule has 1 aromatic heterocycles. The molecule has 0 bridgehead atoms. The maximum atomic E-state index is 11.3. The highest BCUT2D eigenvalue weighted by atomic mass is 32.2. The first-order valence-electron chi connectivity index (χ1n) is 9.00. The van der Waals surface area contributed by atoms with Crippen LogP contribution in [0.2, 0.25) is 0 Å². The van der Waals surface area contributed by atoms with E-state index in [9.17, 15) is 16.8 Å². The summed E-state index contributed by atoms with van der Waals surface area (Å²) < 4.78 is 50.2. The smallest absolute Gasteiger partial charge is 0.306 e. The van der Waals surface area contributed by atoms with Crippen LogP contribution in [-0.4, -0.2) is 39.6 Å². The molecule has 0 unspecified atom stereocenters. The van der Waals surface area contributed by atoms with E-state index in [2.05, 4.69) is 15.3 Å². The Hall–Kier alpha value is -3.22. The number of nitrogens with zero attached hydrogens (tertiary/aromatic N) is 2. The third-order valence-electron chi connectivity index (χ3n) is 4.09. The molecular formula is C19H21N5O5S2. The first-order valence-corrected chi connectivity index (χ1v) is 12.4. The minimum absolute atomic E-state index is 0.0481. The van der Waals surface area contributed by atoms with Crippen molar-refractivity contribution in [2.45, 2.75) is 11.3 Å². The van der Waals surface area contributed by atoms with Gasteiger partial charge in [-0.25, -0.2) is 18.5 Å². The van der Waals surface area contributed by atoms with Crippen LogP contribution in [0.1, 0.15) is 5.56 Å². The van der Waals surface area contributed by atoms with Crippen LogP contribution in [0.25, 0.3) is 11.3 Å². The van der Waals surface area contributed by atoms with Crippen LogP contribution in [0.3, 0.4) is 0 Å². The van der Waals surface area contributed by atoms with E-state index < -0.39 is 20.1 Å². The summed E-state index contributed by atoms with van der Waals surface area (Å²) in [5, 5.41) is 8.24. The van der Waals surface area contributed by atoms with Gasteiger partial charge in [-0.2, -0.15) is 13.4 Å². The van der Waals surface area contributed by atoms with Gasteiger partial charge in [0.05, 0.1) is 16.8 Å². The summed E-state index contributed by atoms with van der Waals surface area (Å²) in [4.78, 5) is 8.40. The molecule has 0 saturated carbocycles. The minimum Gasteiger partial charge on any atom is -0.383 e. The third-order valence-corrected chi connectivity index (χ3v) is 5.52. The maximum absolute atomic E-state index is 11.3. The van der Waals surface area contributed by atoms with Crippen LogP contribution in [0.5, 0.6) is 5.75 Å². The Morgan fingerprint density at radius 1 is 1.00 bits per heavy atom. The number of nitrogens with one attached hydrogen (secondary N) is 1. The molecule has 0 aliphatic heterocycles. The zero-order valence-corrected chi connectivity index (χ0v) is 18.2. The number of aromatic nitrogens is 2. The van der Waals surface area contributed by atoms with Crippen molar-refractivity contribution in [1.82, 2.24) is 9.97 Å². The molecule has 0 saturated heterocycles. The second kappa shape index (κ2) is 8.88. The topological polar surface area (TPSA) is 167 Å². The highest BCUT2D eigenvalue weighted by molar-refractivity contribution is 7.89. The number of nitrogen functional groups attached to an aromatic ring is 1. The largest absolute Gasteiger partial charge is 0.383 e. The molecule has 12 heteroatoms. The van der Waals surface area contributed by atoms with Crippen molar-refractivity contribution in [2.75, 3.05) is 23.9 Å². The van der Waals surface area contributed by atoms with Crippen molar-refractivity contribution < 1.29 is 21.0 Å². The Balaban J connectivity index is 1.71. The van der Waals surface area contributed by atoms with Crippen molar-refractivity contribution >= 4 is 31.9 Å². The first-order chi connectivity index (χ1) is 14.5. The third kappa shape index (κ3) is 6.64. The summed E-state index contributed by atoms with van der Waals surface area (Å²) in [7, 11) is -7.37. The Labute approximate surface area is 180 Å². The van der Waals surface area contributed by atoms with Crippen molar-refractivity contribution in [3.05, 3.63) is 60.2 Å². The van der Waals surface area contributed by atoms with Crippen molar-refractivity contribution in [3.8, 4) is 17.0 Å². The van der Waals surface area contributed by atoms with E-state index in [1.54, 1.807) is 36.4 Å². The molecule has 0 fully saturated rings. The summed E-state index contributed by atoms with van der Waals surface area (Å²) >= 11 is 0. The molecule has 164 valence electrons. The van der Waals surface area contributed by atoms with Gasteiger partial charge in [-0.15, -0.1) is 0 Å². The fraction of sp³-hybridized carbons (Fsp3) is 0.158. The van der Waals surface area contributed by atoms with Crippen LogP contribution < -0.4 is 20.4 Å². The van der Waals surface area contributed by atoms with Crippen LogP contribution in [-0.2, 0) is 26.6 Å². The van der Waals surface area contributed by atoms with Gasteiger partial charge in [0.2, 0.25) is 16.0 Å². The van der Waals surface area contributed by atoms with Gasteiger partial charge in [-0.05, 0) is 36.2 Å². The fourth-order valence-corrected chi connectivity index (χ4v) is 3.74. The van der Waals surface area contributed by atoms with E-state index >= 15 is 0 Å². The van der Waals surface area contributed by atoms with Gasteiger partial charge in [0.25, 0.3) is 0 Å². The summed E-state index contributed by atoms with van der Waals surface area (Å²) in [6, 6.07) is 14.4. The molecule has 1 heterocycles. The number of hydrogen-bond donors (Lipinski definition) is 3. The molecule has 2 aromatic carbocycles. The van der Waals surface area contributed by atoms with Crippen molar-refractivity contribution in [3.63, 3.8) is 0 Å². The van der Waals surface area contributed by atoms with E-state index in [1.807, 2.05) is 0 Å². The summed E-state index contributed by atoms with van der Waals surface area (Å²) in [6.07, 6.45) is 1.56. The molecule has 0 aliphatic rings. The normalized spacial score (nSPS) is 11.8. The number of rotatable bonds is 8. The monoisotopic (exact) mass is 463 g/mol. The molecule has 0 spiro atoms. The van der Waals surface area contributed by atoms with Gasteiger partial charge in [0.1, 0.15) is 11.6 Å². The number of hydrogen-bond acceptors (Lipinski definition) is 9. The highest BCUT2D eigenvalue weighted by Crippen LogP contribution is 2.25. The average molecular weight is 464 g/mol. The van der Waals surface area contributed by atoms with Crippen LogP contribution >= 0.6 is 0 Å². The predicted molar refractivity (Wildman–Crippen MR) is 117 cm³/mol. The Morgan fingerprint density at radius 3 is 2.35 bits per heavy atom. The molecule has 0 amide bonds. The molecule has 0 aliphatic carbocycles. The molecular weight excluding hydrogens is 442 g/mol. The lowest BCUT2D eigenvalue weighted by molar-refractivity contribution is 0.493. The van der Waals surface area contributed by atoms with Gasteiger partial charge in [-0.3, -0.25) is 0 Å². The SMILES string of the molecule is CS(=O)(=O)Oc1cccc(-c2cc(NCCc3ccc(S(N)(=O)=O)cc3)nc(N)n2)c1. The zero-order chi connectivity index (χ0) is 22.6. The number of anilines is 2. The van der Waals surface area contributed by atoms with Crippen LogP contribution in [0, 0.1) is 0 Å². The second-order valence-corrected chi connectivity index (χ2v) is 9.81. The standard InChI is InChI=1S/C19H21N5O5S2/c1-30(25,26)29-15-4-2-3-14(11-15)17-12-18(24-19(20)23-17)22-10-9-13-5-7-16(8-6-13)31(21,27)28/h2-8,11-12H,9-10H2,1H3,(H2,21,27,28)(H3,20,22,23,24). The number of nitrogens with two attached hydrogens (primary N) is 2. The van der Waals surface area contributed by atoms with Crippen LogP contribution in [0.4, 0.5) is 11.8 Å². The lowest BCUT2D eigenvalue weighted by atomic mass is 10.1. The summed E-state index contributed by atoms with van der Waals surface area (Å²) in [5.74, 6) is 0.694. The van der Waals surface area contributed by atoms with E-state index in [1.165, 1.54) is 18.2 Å². The molecule has 0 radical (unpaired) electrons. The summed E-state index contributed by atoms with van der Waals surface area (Å²) in [6.45, 7) is 0.502. The number of primary sulfonamides is 1. The van der Waals surface area contributed by atoms with E-state index in [4.69, 9.17) is 15.1 Å². The lowest BCUT2D eigenvalue weighted by Gasteiger charge is -2.10. The number of sulfonamides is 1. The van der Waals surface area contributed by atoms with Crippen molar-refractivity contribution in [2.24, 2.45) is 5.14 Å². The van der Waals surface area contributed by atoms with Gasteiger partial charge < -0.3 is 15.2 Å². The van der Waals surface area contributed by atoms with Crippen LogP contribution in [0.15, 0.2) is 59.5 Å². The molecule has 31 heavy (non-hydrogen) atoms. The summed E-state index contributed by atoms with van der Waals surface area (Å²) in [5.41, 5.74) is 7.83. The molecule has 5 N–H and O–H groups in total. The zero-order valence-electron chi connectivity index (χ0n) is 16.5.